The van der Waals surface area contributed by atoms with E-state index in [1.54, 1.807) is 0 Å². The molecule has 1 heteroatoms. The summed E-state index contributed by atoms with van der Waals surface area (Å²) in [5.41, 5.74) is 0. The Bertz CT molecular complexity index is 130. The summed E-state index contributed by atoms with van der Waals surface area (Å²) in [6.45, 7) is 11.6. The molecule has 150 valence electrons. The predicted octanol–water partition coefficient (Wildman–Crippen LogP) is 8.68. The van der Waals surface area contributed by atoms with E-state index in [1.807, 2.05) is 0 Å². The van der Waals surface area contributed by atoms with Crippen LogP contribution in [-0.4, -0.2) is 11.7 Å². The number of aliphatic hydroxyl groups excluding tert-OH is 1. The molecule has 24 heavy (non-hydrogen) atoms. The van der Waals surface area contributed by atoms with Crippen LogP contribution in [0.3, 0.4) is 0 Å². The van der Waals surface area contributed by atoms with E-state index in [0.717, 1.165) is 6.42 Å². The van der Waals surface area contributed by atoms with Crippen LogP contribution < -0.4 is 0 Å². The molecule has 1 nitrogen and oxygen atoms in total. The van der Waals surface area contributed by atoms with Gasteiger partial charge >= 0.3 is 0 Å². The zero-order valence-electron chi connectivity index (χ0n) is 18.2. The molecule has 0 rings (SSSR count). The third-order valence-electron chi connectivity index (χ3n) is 4.18. The highest BCUT2D eigenvalue weighted by atomic mass is 16.2. The van der Waals surface area contributed by atoms with Gasteiger partial charge in [-0.3, -0.25) is 0 Å². The zero-order chi connectivity index (χ0) is 18.7. The topological polar surface area (TPSA) is 20.2 Å². The van der Waals surface area contributed by atoms with Crippen molar-refractivity contribution in [2.45, 2.75) is 144 Å². The van der Waals surface area contributed by atoms with Crippen molar-refractivity contribution in [2.24, 2.45) is 0 Å². The van der Waals surface area contributed by atoms with Crippen LogP contribution in [0.2, 0.25) is 0 Å². The normalized spacial score (nSPS) is 9.75. The highest BCUT2D eigenvalue weighted by molar-refractivity contribution is 4.43. The van der Waals surface area contributed by atoms with Crippen LogP contribution in [-0.2, 0) is 0 Å². The largest absolute Gasteiger partial charge is 0.396 e. The van der Waals surface area contributed by atoms with E-state index in [4.69, 9.17) is 5.11 Å². The fourth-order valence-electron chi connectivity index (χ4n) is 2.42. The molecule has 0 radical (unpaired) electrons. The van der Waals surface area contributed by atoms with Crippen LogP contribution in [0.25, 0.3) is 0 Å². The Balaban J connectivity index is -0.000000283. The molecule has 0 aromatic heterocycles. The van der Waals surface area contributed by atoms with Crippen LogP contribution in [0.5, 0.6) is 0 Å². The second-order valence-corrected chi connectivity index (χ2v) is 6.97. The average molecular weight is 345 g/mol. The number of hydrogen-bond acceptors (Lipinski definition) is 1. The van der Waals surface area contributed by atoms with Crippen LogP contribution in [0, 0.1) is 0 Å². The van der Waals surface area contributed by atoms with E-state index in [-0.39, 0.29) is 0 Å². The maximum absolute atomic E-state index is 8.47. The summed E-state index contributed by atoms with van der Waals surface area (Å²) < 4.78 is 0. The van der Waals surface area contributed by atoms with Crippen molar-refractivity contribution < 1.29 is 5.11 Å². The summed E-state index contributed by atoms with van der Waals surface area (Å²) in [6, 6.07) is 0. The fraction of sp³-hybridized carbons (Fsp3) is 1.00. The van der Waals surface area contributed by atoms with Gasteiger partial charge in [0.2, 0.25) is 0 Å². The molecule has 0 aromatic carbocycles. The van der Waals surface area contributed by atoms with E-state index in [1.165, 1.54) is 103 Å². The molecule has 0 bridgehead atoms. The first kappa shape index (κ1) is 28.8. The Morgan fingerprint density at radius 1 is 0.333 bits per heavy atom. The summed E-state index contributed by atoms with van der Waals surface area (Å²) >= 11 is 0. The van der Waals surface area contributed by atoms with Crippen LogP contribution >= 0.6 is 0 Å². The maximum atomic E-state index is 8.47. The Labute approximate surface area is 156 Å². The van der Waals surface area contributed by atoms with Gasteiger partial charge in [0.1, 0.15) is 0 Å². The number of unbranched alkanes of at least 4 members (excludes halogenated alkanes) is 14. The predicted molar refractivity (Wildman–Crippen MR) is 114 cm³/mol. The Kier molecular flexibility index (Phi) is 41.1. The standard InChI is InChI=1S/C9H20O.2C7H16/c1-2-3-4-5-6-7-8-9-10;2*1-3-5-7-6-4-2/h10H,2-9H2,1H3;2*3-7H2,1-2H3. The lowest BCUT2D eigenvalue weighted by atomic mass is 10.1. The third kappa shape index (κ3) is 43.1. The molecule has 0 aliphatic rings. The maximum Gasteiger partial charge on any atom is 0.0431 e. The Hall–Kier alpha value is -0.0400. The molecule has 0 heterocycles. The van der Waals surface area contributed by atoms with E-state index >= 15 is 0 Å². The van der Waals surface area contributed by atoms with Gasteiger partial charge in [-0.2, -0.15) is 0 Å². The number of rotatable bonds is 15. The van der Waals surface area contributed by atoms with Gasteiger partial charge in [0.25, 0.3) is 0 Å². The van der Waals surface area contributed by atoms with Crippen molar-refractivity contribution in [1.29, 1.82) is 0 Å². The summed E-state index contributed by atoms with van der Waals surface area (Å²) in [5.74, 6) is 0. The van der Waals surface area contributed by atoms with Crippen LogP contribution in [0.1, 0.15) is 144 Å². The van der Waals surface area contributed by atoms with Gasteiger partial charge in [0.05, 0.1) is 0 Å². The number of aliphatic hydroxyl groups is 1. The van der Waals surface area contributed by atoms with Gasteiger partial charge < -0.3 is 5.11 Å². The second kappa shape index (κ2) is 34.3. The monoisotopic (exact) mass is 344 g/mol. The first-order chi connectivity index (χ1) is 11.7. The second-order valence-electron chi connectivity index (χ2n) is 6.97. The molecule has 0 aliphatic heterocycles. The molecule has 0 aliphatic carbocycles. The van der Waals surface area contributed by atoms with E-state index in [2.05, 4.69) is 34.6 Å². The molecule has 0 aromatic rings. The molecule has 0 saturated heterocycles. The lowest BCUT2D eigenvalue weighted by molar-refractivity contribution is 0.282. The van der Waals surface area contributed by atoms with Crippen LogP contribution in [0.4, 0.5) is 0 Å². The molecule has 0 fully saturated rings. The van der Waals surface area contributed by atoms with Crippen LogP contribution in [0.15, 0.2) is 0 Å². The average Bonchev–Trinajstić information content (AvgIpc) is 2.60. The molecule has 0 amide bonds. The highest BCUT2D eigenvalue weighted by Gasteiger charge is 1.88. The summed E-state index contributed by atoms with van der Waals surface area (Å²) in [6.07, 6.45) is 22.9. The van der Waals surface area contributed by atoms with E-state index < -0.39 is 0 Å². The SMILES string of the molecule is CCCCCCC.CCCCCCC.CCCCCCCCCO. The zero-order valence-corrected chi connectivity index (χ0v) is 18.2. The van der Waals surface area contributed by atoms with Gasteiger partial charge in [-0.25, -0.2) is 0 Å². The van der Waals surface area contributed by atoms with Crippen molar-refractivity contribution in [1.82, 2.24) is 0 Å². The molecule has 0 unspecified atom stereocenters. The van der Waals surface area contributed by atoms with E-state index in [0.29, 0.717) is 6.61 Å². The minimum Gasteiger partial charge on any atom is -0.396 e. The van der Waals surface area contributed by atoms with Crippen molar-refractivity contribution in [3.8, 4) is 0 Å². The molecule has 1 N–H and O–H groups in total. The lowest BCUT2D eigenvalue weighted by Gasteiger charge is -1.97. The molecular formula is C23H52O. The number of hydrogen-bond donors (Lipinski definition) is 1. The van der Waals surface area contributed by atoms with Crippen molar-refractivity contribution in [3.63, 3.8) is 0 Å². The third-order valence-corrected chi connectivity index (χ3v) is 4.18. The van der Waals surface area contributed by atoms with Gasteiger partial charge in [-0.05, 0) is 6.42 Å². The fourth-order valence-corrected chi connectivity index (χ4v) is 2.42. The molecule has 0 atom stereocenters. The molecule has 0 spiro atoms. The molecular weight excluding hydrogens is 292 g/mol. The summed E-state index contributed by atoms with van der Waals surface area (Å²) in [7, 11) is 0. The van der Waals surface area contributed by atoms with Crippen molar-refractivity contribution >= 4 is 0 Å². The van der Waals surface area contributed by atoms with Gasteiger partial charge in [-0.1, -0.05) is 137 Å². The quantitative estimate of drug-likeness (QED) is 0.294. The van der Waals surface area contributed by atoms with E-state index in [9.17, 15) is 0 Å². The smallest absolute Gasteiger partial charge is 0.0431 e. The van der Waals surface area contributed by atoms with Gasteiger partial charge in [0.15, 0.2) is 0 Å². The first-order valence-corrected chi connectivity index (χ1v) is 11.4. The van der Waals surface area contributed by atoms with Gasteiger partial charge in [-0.15, -0.1) is 0 Å². The Morgan fingerprint density at radius 3 is 0.792 bits per heavy atom. The molecule has 0 saturated carbocycles. The minimum atomic E-state index is 0.369. The van der Waals surface area contributed by atoms with Crippen molar-refractivity contribution in [2.75, 3.05) is 6.61 Å². The Morgan fingerprint density at radius 2 is 0.542 bits per heavy atom. The summed E-state index contributed by atoms with van der Waals surface area (Å²) in [5, 5.41) is 8.47. The summed E-state index contributed by atoms with van der Waals surface area (Å²) in [4.78, 5) is 0. The first-order valence-electron chi connectivity index (χ1n) is 11.4. The lowest BCUT2D eigenvalue weighted by Crippen LogP contribution is -1.83. The minimum absolute atomic E-state index is 0.369. The highest BCUT2D eigenvalue weighted by Crippen LogP contribution is 2.06. The van der Waals surface area contributed by atoms with Gasteiger partial charge in [0, 0.05) is 6.61 Å². The van der Waals surface area contributed by atoms with Crippen molar-refractivity contribution in [3.05, 3.63) is 0 Å².